The number of amides is 1. The summed E-state index contributed by atoms with van der Waals surface area (Å²) >= 11 is 0. The Morgan fingerprint density at radius 2 is 1.94 bits per heavy atom. The highest BCUT2D eigenvalue weighted by Crippen LogP contribution is 2.34. The zero-order valence-corrected chi connectivity index (χ0v) is 19.4. The molecule has 0 bridgehead atoms. The Kier molecular flexibility index (Phi) is 5.16. The fourth-order valence-electron chi connectivity index (χ4n) is 4.54. The van der Waals surface area contributed by atoms with Gasteiger partial charge in [0.25, 0.3) is 0 Å². The van der Waals surface area contributed by atoms with E-state index in [9.17, 15) is 10.1 Å². The maximum Gasteiger partial charge on any atom is 0.244 e. The van der Waals surface area contributed by atoms with Crippen LogP contribution in [0.3, 0.4) is 0 Å². The first-order chi connectivity index (χ1) is 17.6. The molecule has 3 aromatic carbocycles. The topological polar surface area (TPSA) is 105 Å². The number of hydrogen-bond acceptors (Lipinski definition) is 5. The monoisotopic (exact) mass is 475 g/mol. The third kappa shape index (κ3) is 3.73. The molecule has 1 aliphatic heterocycles. The third-order valence-electron chi connectivity index (χ3n) is 6.29. The van der Waals surface area contributed by atoms with Crippen LogP contribution in [0.15, 0.2) is 66.7 Å². The smallest absolute Gasteiger partial charge is 0.244 e. The summed E-state index contributed by atoms with van der Waals surface area (Å²) in [5.41, 5.74) is 5.38. The predicted octanol–water partition coefficient (Wildman–Crippen LogP) is 5.26. The van der Waals surface area contributed by atoms with Crippen LogP contribution in [-0.2, 0) is 11.3 Å². The molecule has 5 aromatic rings. The van der Waals surface area contributed by atoms with Gasteiger partial charge < -0.3 is 24.3 Å². The molecule has 0 saturated carbocycles. The second-order valence-corrected chi connectivity index (χ2v) is 8.49. The van der Waals surface area contributed by atoms with Gasteiger partial charge >= 0.3 is 0 Å². The van der Waals surface area contributed by atoms with E-state index in [0.717, 1.165) is 33.2 Å². The summed E-state index contributed by atoms with van der Waals surface area (Å²) in [7, 11) is 0. The number of anilines is 1. The fourth-order valence-corrected chi connectivity index (χ4v) is 4.54. The number of nitrogens with one attached hydrogen (secondary N) is 2. The highest BCUT2D eigenvalue weighted by molar-refractivity contribution is 6.00. The van der Waals surface area contributed by atoms with Crippen LogP contribution in [0.5, 0.6) is 11.5 Å². The Labute approximate surface area is 206 Å². The van der Waals surface area contributed by atoms with Crippen molar-refractivity contribution in [1.82, 2.24) is 14.5 Å². The summed E-state index contributed by atoms with van der Waals surface area (Å²) < 4.78 is 12.7. The minimum absolute atomic E-state index is 0.112. The zero-order chi connectivity index (χ0) is 24.6. The van der Waals surface area contributed by atoms with Gasteiger partial charge in [0, 0.05) is 33.9 Å². The lowest BCUT2D eigenvalue weighted by atomic mass is 10.1. The van der Waals surface area contributed by atoms with E-state index in [1.807, 2.05) is 66.1 Å². The van der Waals surface area contributed by atoms with E-state index < -0.39 is 0 Å². The predicted molar refractivity (Wildman–Crippen MR) is 137 cm³/mol. The Balaban J connectivity index is 1.35. The summed E-state index contributed by atoms with van der Waals surface area (Å²) in [5, 5.41) is 13.8. The molecule has 1 amide bonds. The first-order valence-corrected chi connectivity index (χ1v) is 11.4. The third-order valence-corrected chi connectivity index (χ3v) is 6.29. The van der Waals surface area contributed by atoms with E-state index in [4.69, 9.17) is 9.47 Å². The van der Waals surface area contributed by atoms with Crippen molar-refractivity contribution in [3.8, 4) is 17.6 Å². The lowest BCUT2D eigenvalue weighted by Crippen LogP contribution is -2.19. The average Bonchev–Trinajstić information content (AvgIpc) is 3.59. The van der Waals surface area contributed by atoms with Gasteiger partial charge in [-0.05, 0) is 43.3 Å². The lowest BCUT2D eigenvalue weighted by molar-refractivity contribution is -0.116. The number of carbonyl (C=O) groups excluding carboxylic acids is 1. The van der Waals surface area contributed by atoms with Crippen molar-refractivity contribution >= 4 is 45.2 Å². The maximum atomic E-state index is 13.0. The van der Waals surface area contributed by atoms with Gasteiger partial charge in [-0.2, -0.15) is 5.26 Å². The van der Waals surface area contributed by atoms with Crippen LogP contribution in [0.4, 0.5) is 5.69 Å². The Hall–Kier alpha value is -5.03. The number of para-hydroxylation sites is 3. The van der Waals surface area contributed by atoms with Crippen LogP contribution >= 0.6 is 0 Å². The second kappa shape index (κ2) is 8.64. The van der Waals surface area contributed by atoms with Gasteiger partial charge in [-0.15, -0.1) is 0 Å². The van der Waals surface area contributed by atoms with E-state index in [0.29, 0.717) is 28.6 Å². The molecule has 0 radical (unpaired) electrons. The number of aromatic nitrogens is 3. The standard InChI is InChI=1S/C28H21N5O3/c1-17-21(12-18(14-29)28-31-22-7-3-4-8-23(22)32-28)20-6-2-5-9-24(20)33(17)15-27(34)30-19-10-11-25-26(13-19)36-16-35-25/h2-13H,15-16H2,1H3,(H,30,34)(H,31,32)/b18-12-. The molecular weight excluding hydrogens is 454 g/mol. The maximum absolute atomic E-state index is 13.0. The van der Waals surface area contributed by atoms with Gasteiger partial charge in [0.15, 0.2) is 11.5 Å². The number of ether oxygens (including phenoxy) is 2. The molecule has 0 unspecified atom stereocenters. The van der Waals surface area contributed by atoms with Crippen LogP contribution in [0.1, 0.15) is 17.1 Å². The number of H-pyrrole nitrogens is 1. The summed E-state index contributed by atoms with van der Waals surface area (Å²) in [5.74, 6) is 1.60. The normalized spacial score (nSPS) is 12.7. The van der Waals surface area contributed by atoms with Crippen LogP contribution < -0.4 is 14.8 Å². The molecule has 0 aliphatic carbocycles. The number of nitrogens with zero attached hydrogens (tertiary/aromatic N) is 3. The zero-order valence-electron chi connectivity index (χ0n) is 19.4. The van der Waals surface area contributed by atoms with E-state index >= 15 is 0 Å². The van der Waals surface area contributed by atoms with Crippen molar-refractivity contribution in [2.24, 2.45) is 0 Å². The molecule has 2 N–H and O–H groups in total. The van der Waals surface area contributed by atoms with Crippen molar-refractivity contribution < 1.29 is 14.3 Å². The number of allylic oxidation sites excluding steroid dienone is 1. The molecule has 36 heavy (non-hydrogen) atoms. The first-order valence-electron chi connectivity index (χ1n) is 11.4. The molecule has 3 heterocycles. The molecule has 0 atom stereocenters. The molecular formula is C28H21N5O3. The van der Waals surface area contributed by atoms with Crippen LogP contribution in [0.25, 0.3) is 33.6 Å². The van der Waals surface area contributed by atoms with Crippen LogP contribution in [0, 0.1) is 18.3 Å². The largest absolute Gasteiger partial charge is 0.454 e. The van der Waals surface area contributed by atoms with E-state index in [1.54, 1.807) is 18.2 Å². The second-order valence-electron chi connectivity index (χ2n) is 8.49. The molecule has 8 heteroatoms. The SMILES string of the molecule is Cc1c(/C=C(/C#N)c2nc3ccccc3[nH]2)c2ccccc2n1CC(=O)Nc1ccc2c(c1)OCO2. The van der Waals surface area contributed by atoms with Crippen LogP contribution in [0.2, 0.25) is 0 Å². The highest BCUT2D eigenvalue weighted by Gasteiger charge is 2.18. The molecule has 1 aliphatic rings. The number of fused-ring (bicyclic) bond motifs is 3. The number of nitriles is 1. The van der Waals surface area contributed by atoms with Gasteiger partial charge in [0.2, 0.25) is 12.7 Å². The number of rotatable bonds is 5. The minimum Gasteiger partial charge on any atom is -0.454 e. The van der Waals surface area contributed by atoms with Crippen molar-refractivity contribution in [2.75, 3.05) is 12.1 Å². The number of benzene rings is 3. The summed E-state index contributed by atoms with van der Waals surface area (Å²) in [4.78, 5) is 20.8. The summed E-state index contributed by atoms with van der Waals surface area (Å²) in [6, 6.07) is 23.1. The van der Waals surface area contributed by atoms with Crippen LogP contribution in [-0.4, -0.2) is 27.2 Å². The Morgan fingerprint density at radius 1 is 1.14 bits per heavy atom. The van der Waals surface area contributed by atoms with E-state index in [2.05, 4.69) is 21.4 Å². The van der Waals surface area contributed by atoms with Gasteiger partial charge in [-0.1, -0.05) is 30.3 Å². The molecule has 8 nitrogen and oxygen atoms in total. The number of carbonyl (C=O) groups is 1. The van der Waals surface area contributed by atoms with Crippen molar-refractivity contribution in [2.45, 2.75) is 13.5 Å². The quantitative estimate of drug-likeness (QED) is 0.338. The van der Waals surface area contributed by atoms with Crippen molar-refractivity contribution in [3.63, 3.8) is 0 Å². The minimum atomic E-state index is -0.175. The molecule has 0 saturated heterocycles. The number of hydrogen-bond donors (Lipinski definition) is 2. The Bertz CT molecular complexity index is 1690. The fraction of sp³-hybridized carbons (Fsp3) is 0.107. The molecule has 6 rings (SSSR count). The van der Waals surface area contributed by atoms with Gasteiger partial charge in [-0.25, -0.2) is 4.98 Å². The van der Waals surface area contributed by atoms with Crippen molar-refractivity contribution in [3.05, 3.63) is 83.8 Å². The highest BCUT2D eigenvalue weighted by atomic mass is 16.7. The lowest BCUT2D eigenvalue weighted by Gasteiger charge is -2.10. The summed E-state index contributed by atoms with van der Waals surface area (Å²) in [6.45, 7) is 2.24. The van der Waals surface area contributed by atoms with Gasteiger partial charge in [0.05, 0.1) is 16.6 Å². The first kappa shape index (κ1) is 21.5. The van der Waals surface area contributed by atoms with Crippen molar-refractivity contribution in [1.29, 1.82) is 5.26 Å². The molecule has 0 fully saturated rings. The Morgan fingerprint density at radius 3 is 2.81 bits per heavy atom. The number of aromatic amines is 1. The molecule has 2 aromatic heterocycles. The molecule has 0 spiro atoms. The van der Waals surface area contributed by atoms with E-state index in [-0.39, 0.29) is 19.2 Å². The van der Waals surface area contributed by atoms with E-state index in [1.165, 1.54) is 0 Å². The average molecular weight is 476 g/mol. The van der Waals surface area contributed by atoms with Gasteiger partial charge in [0.1, 0.15) is 18.4 Å². The summed E-state index contributed by atoms with van der Waals surface area (Å²) in [6.07, 6.45) is 1.83. The molecule has 176 valence electrons. The number of imidazole rings is 1. The van der Waals surface area contributed by atoms with Gasteiger partial charge in [-0.3, -0.25) is 4.79 Å².